The van der Waals surface area contributed by atoms with Crippen molar-refractivity contribution >= 4 is 39.3 Å². The number of anilines is 1. The Labute approximate surface area is 187 Å². The van der Waals surface area contributed by atoms with Gasteiger partial charge in [0.05, 0.1) is 17.6 Å². The summed E-state index contributed by atoms with van der Waals surface area (Å²) >= 11 is 4.95. The second-order valence-electron chi connectivity index (χ2n) is 7.21. The van der Waals surface area contributed by atoms with Crippen molar-refractivity contribution in [2.75, 3.05) is 17.9 Å². The number of benzene rings is 2. The normalized spacial score (nSPS) is 17.8. The Balaban J connectivity index is 1.70. The number of methoxy groups -OCH3 is 1. The quantitative estimate of drug-likeness (QED) is 0.568. The molecule has 0 fully saturated rings. The van der Waals surface area contributed by atoms with Crippen molar-refractivity contribution in [3.63, 3.8) is 0 Å². The number of aryl methyl sites for hydroxylation is 3. The standard InChI is InChI=1S/C21H22BrN5O2S/c1-11-5-6-12(2)16(9-11)23-20(28)19-18(14-7-8-17(29-4)15(22)10-14)26-27-13(3)24-25-21(27)30-19/h5-10,18-19,26H,1-4H3,(H,23,28)/t18-,19+/m1/s1. The maximum absolute atomic E-state index is 13.4. The number of carbonyl (C=O) groups is 1. The molecule has 0 radical (unpaired) electrons. The highest BCUT2D eigenvalue weighted by Gasteiger charge is 2.37. The molecule has 2 N–H and O–H groups in total. The predicted molar refractivity (Wildman–Crippen MR) is 122 cm³/mol. The molecule has 2 heterocycles. The van der Waals surface area contributed by atoms with E-state index in [9.17, 15) is 4.79 Å². The SMILES string of the molecule is COc1ccc([C@H]2Nn3c(C)nnc3S[C@@H]2C(=O)Nc2cc(C)ccc2C)cc1Br. The molecule has 30 heavy (non-hydrogen) atoms. The van der Waals surface area contributed by atoms with Gasteiger partial charge in [0.15, 0.2) is 0 Å². The second kappa shape index (κ2) is 8.31. The summed E-state index contributed by atoms with van der Waals surface area (Å²) in [5.41, 5.74) is 7.30. The molecule has 0 saturated heterocycles. The van der Waals surface area contributed by atoms with Gasteiger partial charge in [0.25, 0.3) is 0 Å². The van der Waals surface area contributed by atoms with E-state index in [0.717, 1.165) is 38.4 Å². The molecule has 0 aliphatic carbocycles. The van der Waals surface area contributed by atoms with E-state index in [1.54, 1.807) is 7.11 Å². The van der Waals surface area contributed by atoms with E-state index >= 15 is 0 Å². The summed E-state index contributed by atoms with van der Waals surface area (Å²) in [7, 11) is 1.63. The van der Waals surface area contributed by atoms with Gasteiger partial charge in [-0.25, -0.2) is 4.68 Å². The van der Waals surface area contributed by atoms with Crippen LogP contribution < -0.4 is 15.5 Å². The smallest absolute Gasteiger partial charge is 0.240 e. The second-order valence-corrected chi connectivity index (χ2v) is 9.18. The van der Waals surface area contributed by atoms with Crippen LogP contribution in [0.25, 0.3) is 0 Å². The van der Waals surface area contributed by atoms with Crippen molar-refractivity contribution in [1.29, 1.82) is 0 Å². The van der Waals surface area contributed by atoms with E-state index in [1.165, 1.54) is 11.8 Å². The van der Waals surface area contributed by atoms with Crippen LogP contribution in [-0.2, 0) is 4.79 Å². The third-order valence-corrected chi connectivity index (χ3v) is 6.88. The molecule has 2 aromatic carbocycles. The highest BCUT2D eigenvalue weighted by Crippen LogP contribution is 2.39. The van der Waals surface area contributed by atoms with Crippen LogP contribution in [0, 0.1) is 20.8 Å². The van der Waals surface area contributed by atoms with E-state index in [4.69, 9.17) is 4.74 Å². The number of halogens is 1. The van der Waals surface area contributed by atoms with Crippen LogP contribution in [0.3, 0.4) is 0 Å². The number of nitrogens with one attached hydrogen (secondary N) is 2. The lowest BCUT2D eigenvalue weighted by Gasteiger charge is -2.33. The monoisotopic (exact) mass is 487 g/mol. The molecule has 1 amide bonds. The third-order valence-electron chi connectivity index (χ3n) is 5.04. The first kappa shape index (κ1) is 20.7. The van der Waals surface area contributed by atoms with Gasteiger partial charge in [0.1, 0.15) is 16.8 Å². The molecule has 156 valence electrons. The molecular formula is C21H22BrN5O2S. The molecular weight excluding hydrogens is 466 g/mol. The number of aromatic nitrogens is 3. The first-order valence-corrected chi connectivity index (χ1v) is 11.1. The van der Waals surface area contributed by atoms with E-state index in [0.29, 0.717) is 5.16 Å². The van der Waals surface area contributed by atoms with Crippen LogP contribution in [0.1, 0.15) is 28.6 Å². The molecule has 3 aromatic rings. The number of carbonyl (C=O) groups excluding carboxylic acids is 1. The van der Waals surface area contributed by atoms with Gasteiger partial charge in [0, 0.05) is 5.69 Å². The molecule has 1 aliphatic rings. The predicted octanol–water partition coefficient (Wildman–Crippen LogP) is 4.37. The zero-order valence-electron chi connectivity index (χ0n) is 17.1. The van der Waals surface area contributed by atoms with E-state index in [1.807, 2.05) is 61.8 Å². The summed E-state index contributed by atoms with van der Waals surface area (Å²) in [4.78, 5) is 13.4. The van der Waals surface area contributed by atoms with E-state index < -0.39 is 5.25 Å². The lowest BCUT2D eigenvalue weighted by atomic mass is 10.0. The van der Waals surface area contributed by atoms with Crippen molar-refractivity contribution in [2.45, 2.75) is 37.2 Å². The zero-order chi connectivity index (χ0) is 21.4. The van der Waals surface area contributed by atoms with Crippen LogP contribution in [0.5, 0.6) is 5.75 Å². The van der Waals surface area contributed by atoms with Gasteiger partial charge < -0.3 is 15.5 Å². The van der Waals surface area contributed by atoms with E-state index in [-0.39, 0.29) is 11.9 Å². The Hall–Kier alpha value is -2.52. The summed E-state index contributed by atoms with van der Waals surface area (Å²) in [5, 5.41) is 11.7. The number of thioether (sulfide) groups is 1. The van der Waals surface area contributed by atoms with Crippen molar-refractivity contribution in [1.82, 2.24) is 14.9 Å². The highest BCUT2D eigenvalue weighted by atomic mass is 79.9. The van der Waals surface area contributed by atoms with Gasteiger partial charge >= 0.3 is 0 Å². The number of amides is 1. The fourth-order valence-electron chi connectivity index (χ4n) is 3.36. The molecule has 0 unspecified atom stereocenters. The van der Waals surface area contributed by atoms with Crippen LogP contribution in [0.15, 0.2) is 46.0 Å². The average molecular weight is 488 g/mol. The molecule has 1 aromatic heterocycles. The molecule has 2 atom stereocenters. The number of hydrogen-bond donors (Lipinski definition) is 2. The van der Waals surface area contributed by atoms with Gasteiger partial charge in [-0.2, -0.15) is 0 Å². The molecule has 7 nitrogen and oxygen atoms in total. The molecule has 9 heteroatoms. The van der Waals surface area contributed by atoms with E-state index in [2.05, 4.69) is 36.9 Å². The van der Waals surface area contributed by atoms with Gasteiger partial charge in [-0.05, 0) is 71.6 Å². The number of fused-ring (bicyclic) bond motifs is 1. The summed E-state index contributed by atoms with van der Waals surface area (Å²) < 4.78 is 8.01. The lowest BCUT2D eigenvalue weighted by molar-refractivity contribution is -0.116. The Morgan fingerprint density at radius 1 is 1.20 bits per heavy atom. The maximum atomic E-state index is 13.4. The Bertz CT molecular complexity index is 1120. The van der Waals surface area contributed by atoms with Crippen LogP contribution in [0.4, 0.5) is 5.69 Å². The molecule has 4 rings (SSSR count). The third kappa shape index (κ3) is 3.91. The molecule has 1 aliphatic heterocycles. The number of nitrogens with zero attached hydrogens (tertiary/aromatic N) is 3. The Morgan fingerprint density at radius 3 is 2.73 bits per heavy atom. The largest absolute Gasteiger partial charge is 0.496 e. The van der Waals surface area contributed by atoms with Crippen LogP contribution >= 0.6 is 27.7 Å². The molecule has 0 spiro atoms. The first-order chi connectivity index (χ1) is 14.4. The van der Waals surface area contributed by atoms with Crippen molar-refractivity contribution in [3.05, 3.63) is 63.4 Å². The number of rotatable bonds is 4. The minimum atomic E-state index is -0.443. The number of hydrogen-bond acceptors (Lipinski definition) is 6. The molecule has 0 bridgehead atoms. The topological polar surface area (TPSA) is 81.1 Å². The van der Waals surface area contributed by atoms with Crippen LogP contribution in [-0.4, -0.2) is 33.1 Å². The van der Waals surface area contributed by atoms with Crippen molar-refractivity contribution in [2.24, 2.45) is 0 Å². The minimum Gasteiger partial charge on any atom is -0.496 e. The van der Waals surface area contributed by atoms with Crippen molar-refractivity contribution in [3.8, 4) is 5.75 Å². The maximum Gasteiger partial charge on any atom is 0.240 e. The first-order valence-electron chi connectivity index (χ1n) is 9.44. The van der Waals surface area contributed by atoms with Gasteiger partial charge in [-0.15, -0.1) is 10.2 Å². The van der Waals surface area contributed by atoms with Crippen LogP contribution in [0.2, 0.25) is 0 Å². The Morgan fingerprint density at radius 2 is 2.00 bits per heavy atom. The average Bonchev–Trinajstić information content (AvgIpc) is 3.09. The lowest BCUT2D eigenvalue weighted by Crippen LogP contribution is -2.41. The summed E-state index contributed by atoms with van der Waals surface area (Å²) in [6, 6.07) is 11.6. The Kier molecular flexibility index (Phi) is 5.75. The fourth-order valence-corrected chi connectivity index (χ4v) is 5.04. The highest BCUT2D eigenvalue weighted by molar-refractivity contribution is 9.10. The molecule has 0 saturated carbocycles. The fraction of sp³-hybridized carbons (Fsp3) is 0.286. The zero-order valence-corrected chi connectivity index (χ0v) is 19.5. The number of ether oxygens (including phenoxy) is 1. The summed E-state index contributed by atoms with van der Waals surface area (Å²) in [6.45, 7) is 5.87. The van der Waals surface area contributed by atoms with Crippen molar-refractivity contribution < 1.29 is 9.53 Å². The van der Waals surface area contributed by atoms with Gasteiger partial charge in [-0.3, -0.25) is 4.79 Å². The summed E-state index contributed by atoms with van der Waals surface area (Å²) in [6.07, 6.45) is 0. The summed E-state index contributed by atoms with van der Waals surface area (Å²) in [5.74, 6) is 1.38. The van der Waals surface area contributed by atoms with Gasteiger partial charge in [0.2, 0.25) is 11.1 Å². The minimum absolute atomic E-state index is 0.0926. The van der Waals surface area contributed by atoms with Gasteiger partial charge in [-0.1, -0.05) is 30.0 Å².